The summed E-state index contributed by atoms with van der Waals surface area (Å²) in [7, 11) is 0. The largest absolute Gasteiger partial charge is 0.348 e. The van der Waals surface area contributed by atoms with Gasteiger partial charge in [-0.25, -0.2) is 4.98 Å². The van der Waals surface area contributed by atoms with Gasteiger partial charge >= 0.3 is 0 Å². The van der Waals surface area contributed by atoms with Gasteiger partial charge in [0, 0.05) is 24.5 Å². The maximum Gasteiger partial charge on any atom is 0.185 e. The molecule has 20 heavy (non-hydrogen) atoms. The van der Waals surface area contributed by atoms with Crippen LogP contribution in [0.25, 0.3) is 0 Å². The number of rotatable bonds is 3. The zero-order valence-corrected chi connectivity index (χ0v) is 14.4. The van der Waals surface area contributed by atoms with E-state index < -0.39 is 0 Å². The summed E-state index contributed by atoms with van der Waals surface area (Å²) >= 11 is 1.79. The highest BCUT2D eigenvalue weighted by Gasteiger charge is 2.30. The predicted molar refractivity (Wildman–Crippen MR) is 88.5 cm³/mol. The summed E-state index contributed by atoms with van der Waals surface area (Å²) in [6.45, 7) is 14.4. The van der Waals surface area contributed by atoms with E-state index in [1.807, 2.05) is 0 Å². The Balaban J connectivity index is 2.07. The molecular formula is C16H29N3S. The molecule has 0 aromatic carbocycles. The van der Waals surface area contributed by atoms with Crippen molar-refractivity contribution in [3.8, 4) is 0 Å². The maximum atomic E-state index is 5.86. The lowest BCUT2D eigenvalue weighted by Gasteiger charge is -2.38. The standard InChI is InChI=1S/C16H29N3S/c1-11(2)14-13(10-17)20-15(18-14)19-8-6-12(7-9-19)16(3,4)5/h11-12H,6-10,17H2,1-5H3. The molecule has 0 spiro atoms. The molecule has 1 aromatic heterocycles. The second-order valence-electron chi connectivity index (χ2n) is 7.29. The van der Waals surface area contributed by atoms with E-state index in [9.17, 15) is 0 Å². The van der Waals surface area contributed by atoms with Crippen LogP contribution in [0.5, 0.6) is 0 Å². The Morgan fingerprint density at radius 3 is 2.30 bits per heavy atom. The lowest BCUT2D eigenvalue weighted by Crippen LogP contribution is -2.38. The van der Waals surface area contributed by atoms with Gasteiger partial charge in [0.25, 0.3) is 0 Å². The summed E-state index contributed by atoms with van der Waals surface area (Å²) in [5.74, 6) is 1.29. The van der Waals surface area contributed by atoms with Gasteiger partial charge in [-0.2, -0.15) is 0 Å². The molecule has 1 aliphatic heterocycles. The molecule has 2 heterocycles. The molecule has 0 amide bonds. The van der Waals surface area contributed by atoms with E-state index in [4.69, 9.17) is 10.7 Å². The van der Waals surface area contributed by atoms with Crippen molar-refractivity contribution in [3.05, 3.63) is 10.6 Å². The SMILES string of the molecule is CC(C)c1nc(N2CCC(C(C)(C)C)CC2)sc1CN. The van der Waals surface area contributed by atoms with Crippen LogP contribution in [0.4, 0.5) is 5.13 Å². The molecule has 114 valence electrons. The van der Waals surface area contributed by atoms with Crippen molar-refractivity contribution in [2.75, 3.05) is 18.0 Å². The number of hydrogen-bond acceptors (Lipinski definition) is 4. The van der Waals surface area contributed by atoms with Crippen LogP contribution in [0, 0.1) is 11.3 Å². The second-order valence-corrected chi connectivity index (χ2v) is 8.35. The summed E-state index contributed by atoms with van der Waals surface area (Å²) < 4.78 is 0. The molecule has 2 N–H and O–H groups in total. The molecule has 2 rings (SSSR count). The lowest BCUT2D eigenvalue weighted by atomic mass is 9.75. The normalized spacial score (nSPS) is 18.1. The van der Waals surface area contributed by atoms with Crippen molar-refractivity contribution in [1.82, 2.24) is 4.98 Å². The van der Waals surface area contributed by atoms with E-state index in [0.717, 1.165) is 19.0 Å². The van der Waals surface area contributed by atoms with Crippen molar-refractivity contribution >= 4 is 16.5 Å². The first kappa shape index (κ1) is 15.8. The molecule has 1 fully saturated rings. The average Bonchev–Trinajstić information content (AvgIpc) is 2.82. The molecular weight excluding hydrogens is 266 g/mol. The minimum absolute atomic E-state index is 0.431. The zero-order chi connectivity index (χ0) is 14.9. The van der Waals surface area contributed by atoms with Gasteiger partial charge in [-0.3, -0.25) is 0 Å². The summed E-state index contributed by atoms with van der Waals surface area (Å²) in [5.41, 5.74) is 7.49. The van der Waals surface area contributed by atoms with E-state index in [1.165, 1.54) is 28.5 Å². The Morgan fingerprint density at radius 1 is 1.30 bits per heavy atom. The predicted octanol–water partition coefficient (Wildman–Crippen LogP) is 3.99. The van der Waals surface area contributed by atoms with Crippen LogP contribution in [0.2, 0.25) is 0 Å². The Labute approximate surface area is 127 Å². The molecule has 0 radical (unpaired) electrons. The summed E-state index contributed by atoms with van der Waals surface area (Å²) in [6.07, 6.45) is 2.55. The topological polar surface area (TPSA) is 42.2 Å². The molecule has 0 saturated carbocycles. The van der Waals surface area contributed by atoms with Gasteiger partial charge in [0.2, 0.25) is 0 Å². The zero-order valence-electron chi connectivity index (χ0n) is 13.6. The molecule has 1 aliphatic rings. The lowest BCUT2D eigenvalue weighted by molar-refractivity contribution is 0.199. The minimum atomic E-state index is 0.431. The van der Waals surface area contributed by atoms with Gasteiger partial charge in [0.1, 0.15) is 0 Å². The Morgan fingerprint density at radius 2 is 1.90 bits per heavy atom. The molecule has 0 unspecified atom stereocenters. The van der Waals surface area contributed by atoms with Crippen molar-refractivity contribution in [2.45, 2.75) is 59.9 Å². The fraction of sp³-hybridized carbons (Fsp3) is 0.812. The molecule has 0 bridgehead atoms. The molecule has 1 aromatic rings. The van der Waals surface area contributed by atoms with Crippen LogP contribution >= 0.6 is 11.3 Å². The van der Waals surface area contributed by atoms with Crippen molar-refractivity contribution in [1.29, 1.82) is 0 Å². The number of nitrogens with two attached hydrogens (primary N) is 1. The van der Waals surface area contributed by atoms with E-state index in [-0.39, 0.29) is 0 Å². The van der Waals surface area contributed by atoms with Gasteiger partial charge in [0.15, 0.2) is 5.13 Å². The van der Waals surface area contributed by atoms with Crippen LogP contribution in [-0.4, -0.2) is 18.1 Å². The summed E-state index contributed by atoms with van der Waals surface area (Å²) in [5, 5.41) is 1.18. The molecule has 0 atom stereocenters. The first-order chi connectivity index (χ1) is 9.32. The quantitative estimate of drug-likeness (QED) is 0.917. The monoisotopic (exact) mass is 295 g/mol. The van der Waals surface area contributed by atoms with Gasteiger partial charge in [-0.05, 0) is 30.1 Å². The Hall–Kier alpha value is -0.610. The van der Waals surface area contributed by atoms with Crippen LogP contribution in [0.15, 0.2) is 0 Å². The maximum absolute atomic E-state index is 5.86. The highest BCUT2D eigenvalue weighted by Crippen LogP contribution is 2.37. The Kier molecular flexibility index (Phi) is 4.75. The minimum Gasteiger partial charge on any atom is -0.348 e. The van der Waals surface area contributed by atoms with Gasteiger partial charge < -0.3 is 10.6 Å². The van der Waals surface area contributed by atoms with Crippen molar-refractivity contribution in [3.63, 3.8) is 0 Å². The third-order valence-electron chi connectivity index (χ3n) is 4.44. The van der Waals surface area contributed by atoms with Crippen LogP contribution in [-0.2, 0) is 6.54 Å². The fourth-order valence-corrected chi connectivity index (χ4v) is 4.17. The van der Waals surface area contributed by atoms with Crippen LogP contribution in [0.1, 0.15) is 63.9 Å². The average molecular weight is 295 g/mol. The molecule has 1 saturated heterocycles. The molecule has 4 heteroatoms. The number of nitrogens with zero attached hydrogens (tertiary/aromatic N) is 2. The molecule has 3 nitrogen and oxygen atoms in total. The van der Waals surface area contributed by atoms with E-state index in [0.29, 0.717) is 17.9 Å². The summed E-state index contributed by atoms with van der Waals surface area (Å²) in [6, 6.07) is 0. The Bertz CT molecular complexity index is 437. The number of thiazole rings is 1. The van der Waals surface area contributed by atoms with E-state index in [1.54, 1.807) is 11.3 Å². The first-order valence-corrected chi connectivity index (χ1v) is 8.59. The first-order valence-electron chi connectivity index (χ1n) is 7.77. The van der Waals surface area contributed by atoms with Crippen molar-refractivity contribution in [2.24, 2.45) is 17.1 Å². The third kappa shape index (κ3) is 3.34. The number of piperidine rings is 1. The number of hydrogen-bond donors (Lipinski definition) is 1. The highest BCUT2D eigenvalue weighted by molar-refractivity contribution is 7.15. The van der Waals surface area contributed by atoms with E-state index in [2.05, 4.69) is 39.5 Å². The number of aromatic nitrogens is 1. The van der Waals surface area contributed by atoms with E-state index >= 15 is 0 Å². The highest BCUT2D eigenvalue weighted by atomic mass is 32.1. The molecule has 0 aliphatic carbocycles. The van der Waals surface area contributed by atoms with Crippen molar-refractivity contribution < 1.29 is 0 Å². The van der Waals surface area contributed by atoms with Gasteiger partial charge in [0.05, 0.1) is 5.69 Å². The fourth-order valence-electron chi connectivity index (χ4n) is 3.02. The number of anilines is 1. The summed E-state index contributed by atoms with van der Waals surface area (Å²) in [4.78, 5) is 8.57. The van der Waals surface area contributed by atoms with Gasteiger partial charge in [-0.15, -0.1) is 11.3 Å². The smallest absolute Gasteiger partial charge is 0.185 e. The van der Waals surface area contributed by atoms with Gasteiger partial charge in [-0.1, -0.05) is 34.6 Å². The van der Waals surface area contributed by atoms with Crippen LogP contribution < -0.4 is 10.6 Å². The second kappa shape index (κ2) is 6.02. The third-order valence-corrected chi connectivity index (χ3v) is 5.59. The van der Waals surface area contributed by atoms with Crippen LogP contribution in [0.3, 0.4) is 0 Å².